The lowest BCUT2D eigenvalue weighted by molar-refractivity contribution is -0.135. The number of ether oxygens (including phenoxy) is 2. The van der Waals surface area contributed by atoms with Crippen LogP contribution in [0.25, 0.3) is 11.1 Å². The second-order valence-corrected chi connectivity index (χ2v) is 5.93. The predicted molar refractivity (Wildman–Crippen MR) is 98.9 cm³/mol. The van der Waals surface area contributed by atoms with Gasteiger partial charge >= 0.3 is 5.97 Å². The molecule has 0 aliphatic carbocycles. The van der Waals surface area contributed by atoms with Gasteiger partial charge in [-0.2, -0.15) is 0 Å². The van der Waals surface area contributed by atoms with E-state index in [0.717, 1.165) is 5.56 Å². The van der Waals surface area contributed by atoms with Crippen LogP contribution in [0.2, 0.25) is 0 Å². The molecule has 1 atom stereocenters. The van der Waals surface area contributed by atoms with E-state index >= 15 is 0 Å². The van der Waals surface area contributed by atoms with Crippen LogP contribution in [0, 0.1) is 5.82 Å². The van der Waals surface area contributed by atoms with Gasteiger partial charge in [0.1, 0.15) is 17.3 Å². The van der Waals surface area contributed by atoms with E-state index in [0.29, 0.717) is 22.6 Å². The van der Waals surface area contributed by atoms with E-state index in [9.17, 15) is 9.18 Å². The summed E-state index contributed by atoms with van der Waals surface area (Å²) in [5.74, 6) is -0.427. The monoisotopic (exact) mass is 350 g/mol. The molecule has 0 spiro atoms. The van der Waals surface area contributed by atoms with Gasteiger partial charge < -0.3 is 9.47 Å². The molecule has 0 bridgehead atoms. The van der Waals surface area contributed by atoms with Crippen LogP contribution in [0.5, 0.6) is 11.5 Å². The van der Waals surface area contributed by atoms with Crippen molar-refractivity contribution in [1.29, 1.82) is 0 Å². The zero-order chi connectivity index (χ0) is 18.5. The first-order valence-corrected chi connectivity index (χ1v) is 8.29. The lowest BCUT2D eigenvalue weighted by Gasteiger charge is -2.13. The highest BCUT2D eigenvalue weighted by atomic mass is 19.1. The molecule has 0 heterocycles. The van der Waals surface area contributed by atoms with Gasteiger partial charge in [-0.3, -0.25) is 4.79 Å². The molecule has 0 saturated carbocycles. The summed E-state index contributed by atoms with van der Waals surface area (Å²) in [7, 11) is 1.54. The van der Waals surface area contributed by atoms with Gasteiger partial charge in [0.05, 0.1) is 13.0 Å². The fourth-order valence-corrected chi connectivity index (χ4v) is 2.66. The summed E-state index contributed by atoms with van der Waals surface area (Å²) < 4.78 is 25.0. The van der Waals surface area contributed by atoms with Crippen molar-refractivity contribution in [2.45, 2.75) is 12.8 Å². The molecule has 4 heteroatoms. The summed E-state index contributed by atoms with van der Waals surface area (Å²) in [5.41, 5.74) is 1.86. The van der Waals surface area contributed by atoms with Crippen LogP contribution >= 0.6 is 0 Å². The van der Waals surface area contributed by atoms with Gasteiger partial charge in [-0.25, -0.2) is 4.39 Å². The van der Waals surface area contributed by atoms with Gasteiger partial charge in [-0.05, 0) is 36.2 Å². The van der Waals surface area contributed by atoms with Crippen LogP contribution in [0.4, 0.5) is 4.39 Å². The third-order valence-corrected chi connectivity index (χ3v) is 4.19. The average Bonchev–Trinajstić information content (AvgIpc) is 2.68. The van der Waals surface area contributed by atoms with Crippen LogP contribution in [0.3, 0.4) is 0 Å². The maximum Gasteiger partial charge on any atom is 0.318 e. The Labute approximate surface area is 152 Å². The third kappa shape index (κ3) is 3.91. The van der Waals surface area contributed by atoms with Crippen molar-refractivity contribution in [3.63, 3.8) is 0 Å². The Kier molecular flexibility index (Phi) is 5.32. The Morgan fingerprint density at radius 2 is 1.65 bits per heavy atom. The van der Waals surface area contributed by atoms with Crippen molar-refractivity contribution in [2.24, 2.45) is 0 Å². The van der Waals surface area contributed by atoms with Crippen molar-refractivity contribution in [2.75, 3.05) is 7.11 Å². The summed E-state index contributed by atoms with van der Waals surface area (Å²) in [6.07, 6.45) is 0. The minimum atomic E-state index is -0.597. The second kappa shape index (κ2) is 7.83. The molecule has 0 N–H and O–H groups in total. The number of methoxy groups -OCH3 is 1. The predicted octanol–water partition coefficient (Wildman–Crippen LogP) is 5.21. The number of rotatable bonds is 5. The van der Waals surface area contributed by atoms with E-state index in [2.05, 4.69) is 0 Å². The van der Waals surface area contributed by atoms with E-state index in [1.807, 2.05) is 30.3 Å². The molecule has 3 aromatic rings. The topological polar surface area (TPSA) is 35.5 Å². The highest BCUT2D eigenvalue weighted by Crippen LogP contribution is 2.27. The molecule has 132 valence electrons. The van der Waals surface area contributed by atoms with Gasteiger partial charge in [-0.1, -0.05) is 48.5 Å². The van der Waals surface area contributed by atoms with Crippen molar-refractivity contribution >= 4 is 5.97 Å². The van der Waals surface area contributed by atoms with Gasteiger partial charge in [0.15, 0.2) is 0 Å². The first-order chi connectivity index (χ1) is 12.6. The number of esters is 1. The molecular weight excluding hydrogens is 331 g/mol. The molecule has 0 fully saturated rings. The Balaban J connectivity index is 1.77. The average molecular weight is 350 g/mol. The molecule has 0 saturated heterocycles. The first-order valence-electron chi connectivity index (χ1n) is 8.29. The maximum atomic E-state index is 14.5. The van der Waals surface area contributed by atoms with Gasteiger partial charge in [0.25, 0.3) is 0 Å². The van der Waals surface area contributed by atoms with E-state index in [1.165, 1.54) is 6.07 Å². The fraction of sp³-hybridized carbons (Fsp3) is 0.136. The minimum Gasteiger partial charge on any atom is -0.497 e. The van der Waals surface area contributed by atoms with Crippen molar-refractivity contribution < 1.29 is 18.7 Å². The second-order valence-electron chi connectivity index (χ2n) is 5.93. The SMILES string of the molecule is COc1cccc(OC(=O)[C@H](C)c2ccc(-c3ccccc3)c(F)c2)c1. The first kappa shape index (κ1) is 17.7. The number of benzene rings is 3. The van der Waals surface area contributed by atoms with Crippen LogP contribution in [0.1, 0.15) is 18.4 Å². The number of carbonyl (C=O) groups is 1. The van der Waals surface area contributed by atoms with E-state index in [1.54, 1.807) is 50.4 Å². The van der Waals surface area contributed by atoms with Crippen molar-refractivity contribution in [3.8, 4) is 22.6 Å². The summed E-state index contributed by atoms with van der Waals surface area (Å²) in [6.45, 7) is 1.69. The Morgan fingerprint density at radius 3 is 2.35 bits per heavy atom. The number of hydrogen-bond donors (Lipinski definition) is 0. The zero-order valence-corrected chi connectivity index (χ0v) is 14.6. The molecule has 0 radical (unpaired) electrons. The lowest BCUT2D eigenvalue weighted by Crippen LogP contribution is -2.16. The molecule has 3 rings (SSSR count). The van der Waals surface area contributed by atoms with E-state index in [4.69, 9.17) is 9.47 Å². The fourth-order valence-electron chi connectivity index (χ4n) is 2.66. The molecule has 3 aromatic carbocycles. The minimum absolute atomic E-state index is 0.366. The molecular formula is C22H19FO3. The number of carbonyl (C=O) groups excluding carboxylic acids is 1. The number of halogens is 1. The zero-order valence-electron chi connectivity index (χ0n) is 14.6. The molecule has 0 aliphatic heterocycles. The van der Waals surface area contributed by atoms with Gasteiger partial charge in [-0.15, -0.1) is 0 Å². The Bertz CT molecular complexity index is 906. The number of hydrogen-bond acceptors (Lipinski definition) is 3. The molecule has 0 unspecified atom stereocenters. The summed E-state index contributed by atoms with van der Waals surface area (Å²) in [5, 5.41) is 0. The summed E-state index contributed by atoms with van der Waals surface area (Å²) in [6, 6.07) is 20.9. The van der Waals surface area contributed by atoms with Gasteiger partial charge in [0, 0.05) is 11.6 Å². The molecule has 0 amide bonds. The van der Waals surface area contributed by atoms with Crippen LogP contribution in [-0.4, -0.2) is 13.1 Å². The highest BCUT2D eigenvalue weighted by molar-refractivity contribution is 5.80. The Morgan fingerprint density at radius 1 is 0.923 bits per heavy atom. The normalized spacial score (nSPS) is 11.7. The molecule has 26 heavy (non-hydrogen) atoms. The smallest absolute Gasteiger partial charge is 0.318 e. The summed E-state index contributed by atoms with van der Waals surface area (Å²) in [4.78, 5) is 12.4. The molecule has 0 aliphatic rings. The van der Waals surface area contributed by atoms with E-state index < -0.39 is 11.9 Å². The largest absolute Gasteiger partial charge is 0.497 e. The third-order valence-electron chi connectivity index (χ3n) is 4.19. The van der Waals surface area contributed by atoms with Crippen LogP contribution in [-0.2, 0) is 4.79 Å². The van der Waals surface area contributed by atoms with Crippen LogP contribution < -0.4 is 9.47 Å². The van der Waals surface area contributed by atoms with Crippen molar-refractivity contribution in [3.05, 3.63) is 84.2 Å². The molecule has 0 aromatic heterocycles. The van der Waals surface area contributed by atoms with Gasteiger partial charge in [0.2, 0.25) is 0 Å². The van der Waals surface area contributed by atoms with Crippen molar-refractivity contribution in [1.82, 2.24) is 0 Å². The maximum absolute atomic E-state index is 14.5. The standard InChI is InChI=1S/C22H19FO3/c1-15(22(24)26-19-10-6-9-18(14-19)25-2)17-11-12-20(21(23)13-17)16-7-4-3-5-8-16/h3-15H,1-2H3/t15-/m1/s1. The summed E-state index contributed by atoms with van der Waals surface area (Å²) >= 11 is 0. The Hall–Kier alpha value is -3.14. The van der Waals surface area contributed by atoms with E-state index in [-0.39, 0.29) is 5.82 Å². The molecule has 3 nitrogen and oxygen atoms in total. The van der Waals surface area contributed by atoms with Crippen LogP contribution in [0.15, 0.2) is 72.8 Å². The lowest BCUT2D eigenvalue weighted by atomic mass is 9.97. The quantitative estimate of drug-likeness (QED) is 0.468. The highest BCUT2D eigenvalue weighted by Gasteiger charge is 2.19.